The molecule has 2 aromatic carbocycles. The summed E-state index contributed by atoms with van der Waals surface area (Å²) < 4.78 is 3.60. The average Bonchev–Trinajstić information content (AvgIpc) is 2.87. The fourth-order valence-corrected chi connectivity index (χ4v) is 4.71. The standard InChI is InChI=1S/C25H36O4.H4O5P2/c1-3-5-11-20-13-7-9-15-22(20)25(29,24(17-26,18-27)19-28)23-16-10-8-14-21(23)12-6-4-2;1-6(2)5-7(3)4/h7-10,13-16,26-29H,3-6,11-12,17-19H2,1-2H3;1-4H. The summed E-state index contributed by atoms with van der Waals surface area (Å²) >= 11 is 0. The molecule has 2 rings (SSSR count). The quantitative estimate of drug-likeness (QED) is 0.166. The molecule has 0 saturated heterocycles. The first-order valence-electron chi connectivity index (χ1n) is 11.9. The van der Waals surface area contributed by atoms with Crippen LogP contribution in [0.25, 0.3) is 0 Å². The average molecular weight is 547 g/mol. The van der Waals surface area contributed by atoms with Crippen molar-refractivity contribution in [1.29, 1.82) is 0 Å². The molecule has 204 valence electrons. The van der Waals surface area contributed by atoms with Crippen LogP contribution in [0.1, 0.15) is 61.8 Å². The second-order valence-corrected chi connectivity index (χ2v) is 10.2. The van der Waals surface area contributed by atoms with E-state index < -0.39 is 48.0 Å². The number of benzene rings is 2. The van der Waals surface area contributed by atoms with Gasteiger partial charge in [0.25, 0.3) is 0 Å². The molecule has 0 amide bonds. The smallest absolute Gasteiger partial charge is 0.334 e. The van der Waals surface area contributed by atoms with Crippen LogP contribution >= 0.6 is 17.2 Å². The zero-order chi connectivity index (χ0) is 27.2. The lowest BCUT2D eigenvalue weighted by atomic mass is 9.63. The van der Waals surface area contributed by atoms with E-state index in [-0.39, 0.29) is 0 Å². The summed E-state index contributed by atoms with van der Waals surface area (Å²) in [6.45, 7) is 2.62. The molecule has 0 radical (unpaired) electrons. The molecule has 0 aliphatic carbocycles. The van der Waals surface area contributed by atoms with Crippen LogP contribution in [-0.2, 0) is 22.8 Å². The van der Waals surface area contributed by atoms with E-state index >= 15 is 0 Å². The minimum absolute atomic E-state index is 0.541. The Bertz CT molecular complexity index is 810. The molecule has 0 spiro atoms. The molecule has 0 aliphatic rings. The molecule has 0 unspecified atom stereocenters. The molecule has 36 heavy (non-hydrogen) atoms. The summed E-state index contributed by atoms with van der Waals surface area (Å²) in [5, 5.41) is 43.2. The van der Waals surface area contributed by atoms with Crippen LogP contribution < -0.4 is 0 Å². The van der Waals surface area contributed by atoms with Crippen LogP contribution in [0.5, 0.6) is 0 Å². The van der Waals surface area contributed by atoms with Crippen molar-refractivity contribution in [3.8, 4) is 0 Å². The van der Waals surface area contributed by atoms with Crippen molar-refractivity contribution in [1.82, 2.24) is 0 Å². The second-order valence-electron chi connectivity index (χ2n) is 8.57. The number of aryl methyl sites for hydroxylation is 2. The Kier molecular flexibility index (Phi) is 15.3. The Hall–Kier alpha value is -1.06. The van der Waals surface area contributed by atoms with Gasteiger partial charge in [-0.05, 0) is 47.9 Å². The number of hydrogen-bond donors (Lipinski definition) is 8. The van der Waals surface area contributed by atoms with Gasteiger partial charge in [0.2, 0.25) is 0 Å². The number of aliphatic hydroxyl groups is 4. The van der Waals surface area contributed by atoms with Crippen molar-refractivity contribution in [3.63, 3.8) is 0 Å². The lowest BCUT2D eigenvalue weighted by Gasteiger charge is -2.46. The third kappa shape index (κ3) is 8.48. The summed E-state index contributed by atoms with van der Waals surface area (Å²) in [5.74, 6) is 0. The highest BCUT2D eigenvalue weighted by atomic mass is 31.2. The van der Waals surface area contributed by atoms with Crippen molar-refractivity contribution >= 4 is 17.2 Å². The maximum Gasteiger partial charge on any atom is 0.334 e. The van der Waals surface area contributed by atoms with E-state index in [0.717, 1.165) is 49.7 Å². The normalized spacial score (nSPS) is 12.1. The second kappa shape index (κ2) is 16.7. The van der Waals surface area contributed by atoms with Crippen molar-refractivity contribution in [2.75, 3.05) is 19.8 Å². The largest absolute Gasteiger partial charge is 0.395 e. The summed E-state index contributed by atoms with van der Waals surface area (Å²) in [5.41, 5.74) is 0.00483. The summed E-state index contributed by atoms with van der Waals surface area (Å²) in [6.07, 6.45) is 5.54. The molecule has 0 aliphatic heterocycles. The van der Waals surface area contributed by atoms with Crippen LogP contribution in [0.4, 0.5) is 0 Å². The molecule has 8 N–H and O–H groups in total. The third-order valence-corrected chi connectivity index (χ3v) is 7.40. The molecule has 2 aromatic rings. The fraction of sp³-hybridized carbons (Fsp3) is 0.520. The lowest BCUT2D eigenvalue weighted by Crippen LogP contribution is -2.55. The first kappa shape index (κ1) is 33.0. The minimum atomic E-state index is -2.61. The summed E-state index contributed by atoms with van der Waals surface area (Å²) in [6, 6.07) is 15.3. The number of hydrogen-bond acceptors (Lipinski definition) is 9. The summed E-state index contributed by atoms with van der Waals surface area (Å²) in [4.78, 5) is 31.3. The van der Waals surface area contributed by atoms with E-state index in [1.165, 1.54) is 0 Å². The number of aliphatic hydroxyl groups excluding tert-OH is 3. The van der Waals surface area contributed by atoms with Gasteiger partial charge in [0, 0.05) is 0 Å². The Morgan fingerprint density at radius 3 is 1.31 bits per heavy atom. The van der Waals surface area contributed by atoms with Crippen LogP contribution in [0.15, 0.2) is 48.5 Å². The van der Waals surface area contributed by atoms with Crippen molar-refractivity contribution in [2.45, 2.75) is 58.0 Å². The Morgan fingerprint density at radius 2 is 1.03 bits per heavy atom. The molecule has 0 heterocycles. The van der Waals surface area contributed by atoms with Crippen LogP contribution in [0.2, 0.25) is 0 Å². The van der Waals surface area contributed by atoms with E-state index in [1.807, 2.05) is 48.5 Å². The van der Waals surface area contributed by atoms with Gasteiger partial charge in [0.15, 0.2) is 0 Å². The molecule has 11 heteroatoms. The minimum Gasteiger partial charge on any atom is -0.395 e. The van der Waals surface area contributed by atoms with Gasteiger partial charge in [0.1, 0.15) is 5.60 Å². The van der Waals surface area contributed by atoms with Gasteiger partial charge in [-0.15, -0.1) is 0 Å². The number of rotatable bonds is 14. The highest BCUT2D eigenvalue weighted by Gasteiger charge is 2.53. The highest BCUT2D eigenvalue weighted by Crippen LogP contribution is 2.47. The van der Waals surface area contributed by atoms with Crippen LogP contribution in [-0.4, -0.2) is 59.8 Å². The van der Waals surface area contributed by atoms with E-state index in [0.29, 0.717) is 11.1 Å². The van der Waals surface area contributed by atoms with Crippen molar-refractivity contribution in [3.05, 3.63) is 70.8 Å². The molecular formula is C25H40O9P2. The maximum atomic E-state index is 12.3. The van der Waals surface area contributed by atoms with Crippen LogP contribution in [0.3, 0.4) is 0 Å². The van der Waals surface area contributed by atoms with Gasteiger partial charge in [-0.2, -0.15) is 0 Å². The van der Waals surface area contributed by atoms with Gasteiger partial charge < -0.3 is 40.0 Å². The lowest BCUT2D eigenvalue weighted by molar-refractivity contribution is -0.136. The molecule has 0 aromatic heterocycles. The monoisotopic (exact) mass is 546 g/mol. The van der Waals surface area contributed by atoms with E-state index in [1.54, 1.807) is 0 Å². The van der Waals surface area contributed by atoms with Crippen molar-refractivity contribution in [2.24, 2.45) is 5.41 Å². The zero-order valence-corrected chi connectivity index (χ0v) is 22.7. The molecular weight excluding hydrogens is 506 g/mol. The Balaban J connectivity index is 0.000000809. The predicted molar refractivity (Wildman–Crippen MR) is 141 cm³/mol. The molecule has 0 atom stereocenters. The van der Waals surface area contributed by atoms with Gasteiger partial charge in [-0.25, -0.2) is 4.31 Å². The molecule has 9 nitrogen and oxygen atoms in total. The summed E-state index contributed by atoms with van der Waals surface area (Å²) in [7, 11) is -5.22. The molecule has 0 fully saturated rings. The third-order valence-electron chi connectivity index (χ3n) is 6.24. The van der Waals surface area contributed by atoms with Gasteiger partial charge >= 0.3 is 17.2 Å². The first-order valence-corrected chi connectivity index (χ1v) is 14.3. The maximum absolute atomic E-state index is 12.3. The van der Waals surface area contributed by atoms with Gasteiger partial charge in [0.05, 0.1) is 25.2 Å². The SMILES string of the molecule is CCCCc1ccccc1C(O)(c1ccccc1CCCC)C(CO)(CO)CO.OP(O)OP(O)O. The Morgan fingerprint density at radius 1 is 0.667 bits per heavy atom. The van der Waals surface area contributed by atoms with E-state index in [9.17, 15) is 20.4 Å². The van der Waals surface area contributed by atoms with Crippen LogP contribution in [0, 0.1) is 5.41 Å². The first-order chi connectivity index (χ1) is 17.2. The zero-order valence-electron chi connectivity index (χ0n) is 20.9. The van der Waals surface area contributed by atoms with Crippen molar-refractivity contribution < 1.29 is 44.3 Å². The predicted octanol–water partition coefficient (Wildman–Crippen LogP) is 3.00. The van der Waals surface area contributed by atoms with Gasteiger partial charge in [-0.1, -0.05) is 75.2 Å². The van der Waals surface area contributed by atoms with Gasteiger partial charge in [-0.3, -0.25) is 0 Å². The van der Waals surface area contributed by atoms with E-state index in [2.05, 4.69) is 18.2 Å². The Labute approximate surface area is 215 Å². The van der Waals surface area contributed by atoms with E-state index in [4.69, 9.17) is 19.6 Å². The molecule has 0 bridgehead atoms. The topological polar surface area (TPSA) is 171 Å². The highest BCUT2D eigenvalue weighted by molar-refractivity contribution is 7.53. The fourth-order valence-electron chi connectivity index (χ4n) is 4.19. The number of unbranched alkanes of at least 4 members (excludes halogenated alkanes) is 2. The molecule has 0 saturated carbocycles.